The van der Waals surface area contributed by atoms with Crippen molar-refractivity contribution in [2.24, 2.45) is 0 Å². The molecule has 0 radical (unpaired) electrons. The average molecular weight is 370 g/mol. The van der Waals surface area contributed by atoms with Crippen molar-refractivity contribution in [3.05, 3.63) is 82.7 Å². The van der Waals surface area contributed by atoms with Crippen molar-refractivity contribution in [2.75, 3.05) is 0 Å². The monoisotopic (exact) mass is 370 g/mol. The molecular formula is C19H13F3N4O. The van der Waals surface area contributed by atoms with Crippen LogP contribution in [0.25, 0.3) is 22.3 Å². The fourth-order valence-electron chi connectivity index (χ4n) is 2.90. The molecular weight excluding hydrogens is 357 g/mol. The predicted molar refractivity (Wildman–Crippen MR) is 94.1 cm³/mol. The molecule has 3 heterocycles. The molecule has 0 bridgehead atoms. The van der Waals surface area contributed by atoms with Crippen LogP contribution < -0.4 is 5.69 Å². The van der Waals surface area contributed by atoms with Gasteiger partial charge in [0, 0.05) is 24.2 Å². The lowest BCUT2D eigenvalue weighted by Crippen LogP contribution is -2.17. The lowest BCUT2D eigenvalue weighted by Gasteiger charge is -2.09. The molecule has 0 amide bonds. The minimum atomic E-state index is -4.43. The summed E-state index contributed by atoms with van der Waals surface area (Å²) < 4.78 is 40.4. The van der Waals surface area contributed by atoms with Gasteiger partial charge in [-0.05, 0) is 35.4 Å². The van der Waals surface area contributed by atoms with Crippen LogP contribution in [0.1, 0.15) is 11.1 Å². The molecule has 1 N–H and O–H groups in total. The summed E-state index contributed by atoms with van der Waals surface area (Å²) in [7, 11) is 0. The third-order valence-corrected chi connectivity index (χ3v) is 4.22. The second-order valence-electron chi connectivity index (χ2n) is 6.05. The maximum Gasteiger partial charge on any atom is 0.416 e. The molecule has 0 aliphatic rings. The summed E-state index contributed by atoms with van der Waals surface area (Å²) in [6, 6.07) is 10.3. The Morgan fingerprint density at radius 1 is 1.04 bits per heavy atom. The van der Waals surface area contributed by atoms with Crippen LogP contribution in [0.2, 0.25) is 0 Å². The van der Waals surface area contributed by atoms with E-state index in [0.717, 1.165) is 17.7 Å². The standard InChI is InChI=1S/C19H13F3N4O/c20-19(21,22)15-5-1-4-13(7-15)14-8-16-17(24-10-14)25-18(27)26(16)11-12-3-2-6-23-9-12/h1-10H,11H2,(H,24,25,27). The third kappa shape index (κ3) is 3.33. The number of benzene rings is 1. The summed E-state index contributed by atoms with van der Waals surface area (Å²) in [5, 5.41) is 0. The lowest BCUT2D eigenvalue weighted by molar-refractivity contribution is -0.137. The molecule has 0 aliphatic carbocycles. The highest BCUT2D eigenvalue weighted by Gasteiger charge is 2.30. The van der Waals surface area contributed by atoms with Crippen molar-refractivity contribution in [3.8, 4) is 11.1 Å². The Labute approximate surface area is 151 Å². The maximum atomic E-state index is 13.0. The molecule has 0 aliphatic heterocycles. The normalized spacial score (nSPS) is 11.8. The van der Waals surface area contributed by atoms with Gasteiger partial charge in [-0.1, -0.05) is 18.2 Å². The number of aromatic nitrogens is 4. The van der Waals surface area contributed by atoms with Crippen LogP contribution in [-0.2, 0) is 12.7 Å². The molecule has 8 heteroatoms. The van der Waals surface area contributed by atoms with Crippen molar-refractivity contribution in [3.63, 3.8) is 0 Å². The van der Waals surface area contributed by atoms with Gasteiger partial charge in [-0.3, -0.25) is 14.5 Å². The number of fused-ring (bicyclic) bond motifs is 1. The molecule has 5 nitrogen and oxygen atoms in total. The molecule has 27 heavy (non-hydrogen) atoms. The minimum Gasteiger partial charge on any atom is -0.290 e. The van der Waals surface area contributed by atoms with E-state index in [2.05, 4.69) is 15.0 Å². The second-order valence-corrected chi connectivity index (χ2v) is 6.05. The van der Waals surface area contributed by atoms with Crippen LogP contribution in [0, 0.1) is 0 Å². The molecule has 4 rings (SSSR count). The Morgan fingerprint density at radius 2 is 1.89 bits per heavy atom. The van der Waals surface area contributed by atoms with Crippen LogP contribution in [0.15, 0.2) is 65.8 Å². The average Bonchev–Trinajstić information content (AvgIpc) is 2.97. The van der Waals surface area contributed by atoms with Crippen LogP contribution in [0.5, 0.6) is 0 Å². The van der Waals surface area contributed by atoms with Crippen molar-refractivity contribution < 1.29 is 13.2 Å². The van der Waals surface area contributed by atoms with Crippen molar-refractivity contribution in [1.82, 2.24) is 19.5 Å². The number of rotatable bonds is 3. The Hall–Kier alpha value is -3.42. The summed E-state index contributed by atoms with van der Waals surface area (Å²) in [6.45, 7) is 0.278. The lowest BCUT2D eigenvalue weighted by atomic mass is 10.0. The maximum absolute atomic E-state index is 13.0. The summed E-state index contributed by atoms with van der Waals surface area (Å²) in [5.41, 5.74) is 1.50. The smallest absolute Gasteiger partial charge is 0.290 e. The Morgan fingerprint density at radius 3 is 2.63 bits per heavy atom. The van der Waals surface area contributed by atoms with Crippen LogP contribution in [0.3, 0.4) is 0 Å². The fraction of sp³-hybridized carbons (Fsp3) is 0.105. The van der Waals surface area contributed by atoms with Crippen LogP contribution in [-0.4, -0.2) is 19.5 Å². The number of nitrogens with zero attached hydrogens (tertiary/aromatic N) is 3. The van der Waals surface area contributed by atoms with E-state index < -0.39 is 11.7 Å². The molecule has 1 aromatic carbocycles. The Balaban J connectivity index is 1.81. The van der Waals surface area contributed by atoms with Gasteiger partial charge in [0.2, 0.25) is 0 Å². The molecule has 0 spiro atoms. The summed E-state index contributed by atoms with van der Waals surface area (Å²) >= 11 is 0. The van der Waals surface area contributed by atoms with Gasteiger partial charge < -0.3 is 0 Å². The Bertz CT molecular complexity index is 1160. The number of halogens is 3. The number of pyridine rings is 2. The highest BCUT2D eigenvalue weighted by molar-refractivity contribution is 5.78. The molecule has 136 valence electrons. The summed E-state index contributed by atoms with van der Waals surface area (Å²) in [5.74, 6) is 0. The topological polar surface area (TPSA) is 63.6 Å². The van der Waals surface area contributed by atoms with E-state index in [9.17, 15) is 18.0 Å². The third-order valence-electron chi connectivity index (χ3n) is 4.22. The number of H-pyrrole nitrogens is 1. The van der Waals surface area contributed by atoms with E-state index in [1.54, 1.807) is 30.6 Å². The molecule has 0 unspecified atom stereocenters. The van der Waals surface area contributed by atoms with Gasteiger partial charge in [-0.25, -0.2) is 9.78 Å². The van der Waals surface area contributed by atoms with E-state index in [-0.39, 0.29) is 12.2 Å². The molecule has 3 aromatic heterocycles. The zero-order chi connectivity index (χ0) is 19.0. The molecule has 0 atom stereocenters. The highest BCUT2D eigenvalue weighted by atomic mass is 19.4. The van der Waals surface area contributed by atoms with Gasteiger partial charge in [-0.15, -0.1) is 0 Å². The second kappa shape index (κ2) is 6.39. The van der Waals surface area contributed by atoms with Crippen molar-refractivity contribution in [2.45, 2.75) is 12.7 Å². The molecule has 0 fully saturated rings. The van der Waals surface area contributed by atoms with Crippen LogP contribution >= 0.6 is 0 Å². The zero-order valence-corrected chi connectivity index (χ0v) is 13.9. The van der Waals surface area contributed by atoms with E-state index in [1.165, 1.54) is 16.8 Å². The number of imidazole rings is 1. The number of hydrogen-bond donors (Lipinski definition) is 1. The highest BCUT2D eigenvalue weighted by Crippen LogP contribution is 2.32. The predicted octanol–water partition coefficient (Wildman–Crippen LogP) is 3.85. The number of alkyl halides is 3. The van der Waals surface area contributed by atoms with Crippen molar-refractivity contribution in [1.29, 1.82) is 0 Å². The first-order valence-electron chi connectivity index (χ1n) is 8.07. The first-order valence-corrected chi connectivity index (χ1v) is 8.07. The largest absolute Gasteiger partial charge is 0.416 e. The van der Waals surface area contributed by atoms with Gasteiger partial charge in [-0.2, -0.15) is 13.2 Å². The van der Waals surface area contributed by atoms with E-state index >= 15 is 0 Å². The number of nitrogens with one attached hydrogen (secondary N) is 1. The molecule has 0 saturated heterocycles. The fourth-order valence-corrected chi connectivity index (χ4v) is 2.90. The van der Waals surface area contributed by atoms with Gasteiger partial charge in [0.05, 0.1) is 17.6 Å². The van der Waals surface area contributed by atoms with E-state index in [0.29, 0.717) is 22.3 Å². The van der Waals surface area contributed by atoms with Gasteiger partial charge >= 0.3 is 11.9 Å². The quantitative estimate of drug-likeness (QED) is 0.596. The van der Waals surface area contributed by atoms with Gasteiger partial charge in [0.1, 0.15) is 0 Å². The zero-order valence-electron chi connectivity index (χ0n) is 13.9. The first-order chi connectivity index (χ1) is 12.9. The summed E-state index contributed by atoms with van der Waals surface area (Å²) in [6.07, 6.45) is 0.302. The molecule has 0 saturated carbocycles. The van der Waals surface area contributed by atoms with E-state index in [4.69, 9.17) is 0 Å². The first kappa shape index (κ1) is 17.0. The number of aromatic amines is 1. The Kier molecular flexibility index (Phi) is 4.02. The number of hydrogen-bond acceptors (Lipinski definition) is 3. The van der Waals surface area contributed by atoms with Gasteiger partial charge in [0.15, 0.2) is 5.65 Å². The van der Waals surface area contributed by atoms with Crippen molar-refractivity contribution >= 4 is 11.2 Å². The molecule has 4 aromatic rings. The van der Waals surface area contributed by atoms with Crippen LogP contribution in [0.4, 0.5) is 13.2 Å². The minimum absolute atomic E-state index is 0.278. The SMILES string of the molecule is O=c1[nH]c2ncc(-c3cccc(C(F)(F)F)c3)cc2n1Cc1cccnc1. The van der Waals surface area contributed by atoms with Gasteiger partial charge in [0.25, 0.3) is 0 Å². The van der Waals surface area contributed by atoms with E-state index in [1.807, 2.05) is 6.07 Å². The summed E-state index contributed by atoms with van der Waals surface area (Å²) in [4.78, 5) is 23.2.